The van der Waals surface area contributed by atoms with Crippen molar-refractivity contribution in [2.45, 2.75) is 32.4 Å². The van der Waals surface area contributed by atoms with Crippen LogP contribution < -0.4 is 11.1 Å². The molecule has 1 aromatic rings. The molecule has 0 heterocycles. The second-order valence-corrected chi connectivity index (χ2v) is 3.85. The first-order chi connectivity index (χ1) is 6.25. The number of anilines is 1. The van der Waals surface area contributed by atoms with Crippen LogP contribution in [0.15, 0.2) is 18.2 Å². The number of rotatable bonds is 3. The Morgan fingerprint density at radius 2 is 2.23 bits per heavy atom. The van der Waals surface area contributed by atoms with Gasteiger partial charge in [0.05, 0.1) is 0 Å². The molecule has 0 aliphatic heterocycles. The van der Waals surface area contributed by atoms with E-state index in [0.29, 0.717) is 0 Å². The number of nitrogens with two attached hydrogens (primary N) is 1. The zero-order valence-electron chi connectivity index (χ0n) is 8.01. The molecule has 2 nitrogen and oxygen atoms in total. The van der Waals surface area contributed by atoms with Crippen molar-refractivity contribution in [1.82, 2.24) is 5.32 Å². The van der Waals surface area contributed by atoms with Crippen LogP contribution in [-0.4, -0.2) is 6.04 Å². The lowest BCUT2D eigenvalue weighted by Gasteiger charge is -2.05. The molecule has 3 N–H and O–H groups in total. The molecule has 0 spiro atoms. The Bertz CT molecular complexity index is 303. The first kappa shape index (κ1) is 8.57. The molecular weight excluding hydrogens is 160 g/mol. The van der Waals surface area contributed by atoms with Crippen molar-refractivity contribution in [2.75, 3.05) is 5.73 Å². The molecule has 1 fully saturated rings. The third kappa shape index (κ3) is 2.22. The summed E-state index contributed by atoms with van der Waals surface area (Å²) in [6, 6.07) is 7.05. The average molecular weight is 176 g/mol. The van der Waals surface area contributed by atoms with Gasteiger partial charge in [0.1, 0.15) is 0 Å². The van der Waals surface area contributed by atoms with E-state index in [1.54, 1.807) is 0 Å². The standard InChI is InChI=1S/C11H16N2/c1-8-2-3-9(6-11(8)12)7-13-10-4-5-10/h2-3,6,10,13H,4-5,7,12H2,1H3. The van der Waals surface area contributed by atoms with Gasteiger partial charge in [-0.1, -0.05) is 12.1 Å². The molecule has 0 unspecified atom stereocenters. The molecule has 2 heteroatoms. The minimum Gasteiger partial charge on any atom is -0.399 e. The molecule has 1 aliphatic carbocycles. The maximum Gasteiger partial charge on any atom is 0.0346 e. The number of nitrogens with one attached hydrogen (secondary N) is 1. The molecule has 1 aromatic carbocycles. The molecule has 0 radical (unpaired) electrons. The van der Waals surface area contributed by atoms with Crippen LogP contribution in [0.4, 0.5) is 5.69 Å². The highest BCUT2D eigenvalue weighted by Gasteiger charge is 2.19. The van der Waals surface area contributed by atoms with Gasteiger partial charge < -0.3 is 11.1 Å². The van der Waals surface area contributed by atoms with Gasteiger partial charge in [-0.2, -0.15) is 0 Å². The van der Waals surface area contributed by atoms with Crippen molar-refractivity contribution in [3.63, 3.8) is 0 Å². The second-order valence-electron chi connectivity index (χ2n) is 3.85. The molecular formula is C11H16N2. The lowest BCUT2D eigenvalue weighted by molar-refractivity contribution is 0.688. The van der Waals surface area contributed by atoms with Crippen LogP contribution in [-0.2, 0) is 6.54 Å². The van der Waals surface area contributed by atoms with Crippen LogP contribution in [0.1, 0.15) is 24.0 Å². The zero-order chi connectivity index (χ0) is 9.26. The van der Waals surface area contributed by atoms with Gasteiger partial charge in [-0.15, -0.1) is 0 Å². The van der Waals surface area contributed by atoms with Crippen molar-refractivity contribution < 1.29 is 0 Å². The lowest BCUT2D eigenvalue weighted by atomic mass is 10.1. The number of aryl methyl sites for hydroxylation is 1. The van der Waals surface area contributed by atoms with Gasteiger partial charge in [0, 0.05) is 18.3 Å². The van der Waals surface area contributed by atoms with Crippen LogP contribution >= 0.6 is 0 Å². The van der Waals surface area contributed by atoms with Crippen LogP contribution in [0.2, 0.25) is 0 Å². The van der Waals surface area contributed by atoms with Gasteiger partial charge in [0.2, 0.25) is 0 Å². The van der Waals surface area contributed by atoms with E-state index < -0.39 is 0 Å². The fraction of sp³-hybridized carbons (Fsp3) is 0.455. The van der Waals surface area contributed by atoms with Gasteiger partial charge in [0.15, 0.2) is 0 Å². The monoisotopic (exact) mass is 176 g/mol. The van der Waals surface area contributed by atoms with Crippen LogP contribution in [0.25, 0.3) is 0 Å². The van der Waals surface area contributed by atoms with E-state index in [9.17, 15) is 0 Å². The number of hydrogen-bond donors (Lipinski definition) is 2. The van der Waals surface area contributed by atoms with E-state index in [1.807, 2.05) is 6.92 Å². The second kappa shape index (κ2) is 3.38. The van der Waals surface area contributed by atoms with Gasteiger partial charge in [-0.25, -0.2) is 0 Å². The number of benzene rings is 1. The lowest BCUT2D eigenvalue weighted by Crippen LogP contribution is -2.15. The van der Waals surface area contributed by atoms with E-state index in [2.05, 4.69) is 23.5 Å². The maximum atomic E-state index is 5.81. The van der Waals surface area contributed by atoms with Gasteiger partial charge in [-0.05, 0) is 37.0 Å². The largest absolute Gasteiger partial charge is 0.399 e. The number of nitrogen functional groups attached to an aromatic ring is 1. The molecule has 2 rings (SSSR count). The molecule has 0 saturated heterocycles. The summed E-state index contributed by atoms with van der Waals surface area (Å²) in [5.41, 5.74) is 9.16. The van der Waals surface area contributed by atoms with Crippen molar-refractivity contribution >= 4 is 5.69 Å². The zero-order valence-corrected chi connectivity index (χ0v) is 8.01. The molecule has 13 heavy (non-hydrogen) atoms. The predicted octanol–water partition coefficient (Wildman–Crippen LogP) is 1.83. The number of hydrogen-bond acceptors (Lipinski definition) is 2. The van der Waals surface area contributed by atoms with Crippen molar-refractivity contribution in [1.29, 1.82) is 0 Å². The molecule has 0 amide bonds. The Kier molecular flexibility index (Phi) is 2.23. The highest BCUT2D eigenvalue weighted by molar-refractivity contribution is 5.48. The Balaban J connectivity index is 1.98. The highest BCUT2D eigenvalue weighted by atomic mass is 14.9. The Hall–Kier alpha value is -1.02. The Morgan fingerprint density at radius 1 is 1.46 bits per heavy atom. The quantitative estimate of drug-likeness (QED) is 0.689. The summed E-state index contributed by atoms with van der Waals surface area (Å²) in [4.78, 5) is 0. The average Bonchev–Trinajstić information content (AvgIpc) is 2.91. The fourth-order valence-corrected chi connectivity index (χ4v) is 1.35. The predicted molar refractivity (Wildman–Crippen MR) is 55.5 cm³/mol. The Labute approximate surface area is 79.1 Å². The maximum absolute atomic E-state index is 5.81. The topological polar surface area (TPSA) is 38.0 Å². The Morgan fingerprint density at radius 3 is 2.85 bits per heavy atom. The first-order valence-corrected chi connectivity index (χ1v) is 4.84. The summed E-state index contributed by atoms with van der Waals surface area (Å²) in [6.07, 6.45) is 2.67. The molecule has 0 aromatic heterocycles. The molecule has 1 aliphatic rings. The summed E-state index contributed by atoms with van der Waals surface area (Å²) < 4.78 is 0. The minimum atomic E-state index is 0.766. The van der Waals surface area contributed by atoms with Crippen LogP contribution in [0.3, 0.4) is 0 Å². The van der Waals surface area contributed by atoms with Crippen molar-refractivity contribution in [3.05, 3.63) is 29.3 Å². The van der Waals surface area contributed by atoms with E-state index in [-0.39, 0.29) is 0 Å². The SMILES string of the molecule is Cc1ccc(CNC2CC2)cc1N. The third-order valence-corrected chi connectivity index (χ3v) is 2.52. The molecule has 0 atom stereocenters. The van der Waals surface area contributed by atoms with Crippen molar-refractivity contribution in [3.8, 4) is 0 Å². The minimum absolute atomic E-state index is 0.766. The summed E-state index contributed by atoms with van der Waals surface area (Å²) >= 11 is 0. The van der Waals surface area contributed by atoms with E-state index >= 15 is 0 Å². The van der Waals surface area contributed by atoms with E-state index in [4.69, 9.17) is 5.73 Å². The van der Waals surface area contributed by atoms with Crippen LogP contribution in [0.5, 0.6) is 0 Å². The molecule has 1 saturated carbocycles. The molecule has 0 bridgehead atoms. The van der Waals surface area contributed by atoms with E-state index in [0.717, 1.165) is 23.8 Å². The smallest absolute Gasteiger partial charge is 0.0346 e. The normalized spacial score (nSPS) is 16.1. The van der Waals surface area contributed by atoms with Gasteiger partial charge >= 0.3 is 0 Å². The third-order valence-electron chi connectivity index (χ3n) is 2.52. The van der Waals surface area contributed by atoms with Gasteiger partial charge in [-0.3, -0.25) is 0 Å². The molecule has 70 valence electrons. The highest BCUT2D eigenvalue weighted by Crippen LogP contribution is 2.20. The van der Waals surface area contributed by atoms with Crippen LogP contribution in [0, 0.1) is 6.92 Å². The summed E-state index contributed by atoms with van der Waals surface area (Å²) in [5, 5.41) is 3.46. The first-order valence-electron chi connectivity index (χ1n) is 4.84. The summed E-state index contributed by atoms with van der Waals surface area (Å²) in [6.45, 7) is 2.99. The summed E-state index contributed by atoms with van der Waals surface area (Å²) in [5.74, 6) is 0. The fourth-order valence-electron chi connectivity index (χ4n) is 1.35. The van der Waals surface area contributed by atoms with Gasteiger partial charge in [0.25, 0.3) is 0 Å². The summed E-state index contributed by atoms with van der Waals surface area (Å²) in [7, 11) is 0. The van der Waals surface area contributed by atoms with E-state index in [1.165, 1.54) is 18.4 Å². The van der Waals surface area contributed by atoms with Crippen molar-refractivity contribution in [2.24, 2.45) is 0 Å².